The van der Waals surface area contributed by atoms with E-state index in [9.17, 15) is 9.59 Å². The molecule has 0 aliphatic carbocycles. The minimum absolute atomic E-state index is 0.00591. The van der Waals surface area contributed by atoms with Crippen LogP contribution in [0, 0.1) is 13.8 Å². The molecule has 2 aromatic rings. The predicted octanol–water partition coefficient (Wildman–Crippen LogP) is 3.95. The van der Waals surface area contributed by atoms with Crippen LogP contribution in [0.4, 0.5) is 0 Å². The number of benzene rings is 2. The normalized spacial score (nSPS) is 14.2. The lowest BCUT2D eigenvalue weighted by molar-refractivity contribution is -0.132. The molecule has 0 radical (unpaired) electrons. The molecule has 1 heterocycles. The highest BCUT2D eigenvalue weighted by Gasteiger charge is 2.21. The second-order valence-electron chi connectivity index (χ2n) is 7.95. The van der Waals surface area contributed by atoms with Crippen LogP contribution in [0.15, 0.2) is 42.5 Å². The molecule has 1 fully saturated rings. The zero-order valence-corrected chi connectivity index (χ0v) is 18.6. The standard InChI is InChI=1S/C25H32N2O4/c1-4-21(26-23(28)16-31-25-18(2)10-9-11-19(25)3)20-12-5-6-13-22(20)30-17-24(29)27-14-7-8-15-27/h5-6,9-13,21H,4,7-8,14-17H2,1-3H3,(H,26,28). The van der Waals surface area contributed by atoms with E-state index in [1.54, 1.807) is 0 Å². The van der Waals surface area contributed by atoms with Gasteiger partial charge in [-0.2, -0.15) is 0 Å². The Kier molecular flexibility index (Phi) is 7.93. The molecule has 1 saturated heterocycles. The minimum atomic E-state index is -0.229. The summed E-state index contributed by atoms with van der Waals surface area (Å²) in [6.45, 7) is 7.49. The molecule has 0 bridgehead atoms. The molecule has 166 valence electrons. The lowest BCUT2D eigenvalue weighted by Gasteiger charge is -2.22. The number of hydrogen-bond acceptors (Lipinski definition) is 4. The molecule has 0 spiro atoms. The van der Waals surface area contributed by atoms with E-state index in [1.165, 1.54) is 0 Å². The summed E-state index contributed by atoms with van der Waals surface area (Å²) in [6.07, 6.45) is 2.79. The molecule has 0 saturated carbocycles. The Morgan fingerprint density at radius 3 is 2.32 bits per heavy atom. The van der Waals surface area contributed by atoms with Crippen molar-refractivity contribution in [3.63, 3.8) is 0 Å². The van der Waals surface area contributed by atoms with Crippen molar-refractivity contribution < 1.29 is 19.1 Å². The number of hydrogen-bond donors (Lipinski definition) is 1. The first-order chi connectivity index (χ1) is 15.0. The van der Waals surface area contributed by atoms with E-state index in [0.717, 1.165) is 48.4 Å². The van der Waals surface area contributed by atoms with Gasteiger partial charge in [0, 0.05) is 18.7 Å². The number of likely N-dealkylation sites (tertiary alicyclic amines) is 1. The number of nitrogens with zero attached hydrogens (tertiary/aromatic N) is 1. The Labute approximate surface area is 184 Å². The van der Waals surface area contributed by atoms with Crippen molar-refractivity contribution in [2.45, 2.75) is 46.1 Å². The van der Waals surface area contributed by atoms with Gasteiger partial charge in [-0.05, 0) is 50.3 Å². The molecule has 31 heavy (non-hydrogen) atoms. The van der Waals surface area contributed by atoms with Gasteiger partial charge in [-0.25, -0.2) is 0 Å². The molecule has 1 aliphatic rings. The van der Waals surface area contributed by atoms with E-state index >= 15 is 0 Å². The molecule has 1 N–H and O–H groups in total. The van der Waals surface area contributed by atoms with Crippen molar-refractivity contribution in [2.75, 3.05) is 26.3 Å². The maximum absolute atomic E-state index is 12.6. The minimum Gasteiger partial charge on any atom is -0.483 e. The van der Waals surface area contributed by atoms with E-state index in [2.05, 4.69) is 5.32 Å². The van der Waals surface area contributed by atoms with Crippen molar-refractivity contribution in [1.82, 2.24) is 10.2 Å². The zero-order chi connectivity index (χ0) is 22.2. The maximum atomic E-state index is 12.6. The molecule has 2 amide bonds. The van der Waals surface area contributed by atoms with Gasteiger partial charge in [0.05, 0.1) is 6.04 Å². The first-order valence-electron chi connectivity index (χ1n) is 11.0. The number of ether oxygens (including phenoxy) is 2. The first-order valence-corrected chi connectivity index (χ1v) is 11.0. The lowest BCUT2D eigenvalue weighted by atomic mass is 10.0. The van der Waals surface area contributed by atoms with Gasteiger partial charge in [0.1, 0.15) is 11.5 Å². The fraction of sp³-hybridized carbons (Fsp3) is 0.440. The Morgan fingerprint density at radius 1 is 0.968 bits per heavy atom. The molecule has 2 aromatic carbocycles. The number of rotatable bonds is 9. The molecule has 1 aliphatic heterocycles. The largest absolute Gasteiger partial charge is 0.483 e. The Balaban J connectivity index is 1.61. The van der Waals surface area contributed by atoms with E-state index in [-0.39, 0.29) is 31.1 Å². The van der Waals surface area contributed by atoms with Crippen molar-refractivity contribution in [3.8, 4) is 11.5 Å². The second-order valence-corrected chi connectivity index (χ2v) is 7.95. The fourth-order valence-electron chi connectivity index (χ4n) is 3.90. The van der Waals surface area contributed by atoms with Crippen LogP contribution in [0.5, 0.6) is 11.5 Å². The van der Waals surface area contributed by atoms with Gasteiger partial charge in [0.15, 0.2) is 13.2 Å². The molecule has 6 nitrogen and oxygen atoms in total. The van der Waals surface area contributed by atoms with Crippen LogP contribution in [0.1, 0.15) is 48.9 Å². The molecular formula is C25H32N2O4. The summed E-state index contributed by atoms with van der Waals surface area (Å²) >= 11 is 0. The number of para-hydroxylation sites is 2. The average molecular weight is 425 g/mol. The number of amides is 2. The van der Waals surface area contributed by atoms with Crippen molar-refractivity contribution in [3.05, 3.63) is 59.2 Å². The Morgan fingerprint density at radius 2 is 1.65 bits per heavy atom. The Bertz CT molecular complexity index is 886. The zero-order valence-electron chi connectivity index (χ0n) is 18.6. The summed E-state index contributed by atoms with van der Waals surface area (Å²) in [4.78, 5) is 26.8. The number of carbonyl (C=O) groups excluding carboxylic acids is 2. The summed E-state index contributed by atoms with van der Waals surface area (Å²) in [5.74, 6) is 1.18. The summed E-state index contributed by atoms with van der Waals surface area (Å²) in [7, 11) is 0. The highest BCUT2D eigenvalue weighted by atomic mass is 16.5. The third kappa shape index (κ3) is 6.00. The third-order valence-corrected chi connectivity index (χ3v) is 5.60. The average Bonchev–Trinajstić information content (AvgIpc) is 3.31. The van der Waals surface area contributed by atoms with Crippen LogP contribution in [0.25, 0.3) is 0 Å². The molecule has 1 atom stereocenters. The van der Waals surface area contributed by atoms with Gasteiger partial charge in [0.2, 0.25) is 0 Å². The van der Waals surface area contributed by atoms with Crippen LogP contribution in [0.2, 0.25) is 0 Å². The second kappa shape index (κ2) is 10.8. The van der Waals surface area contributed by atoms with Crippen LogP contribution in [-0.4, -0.2) is 43.0 Å². The van der Waals surface area contributed by atoms with Crippen LogP contribution >= 0.6 is 0 Å². The van der Waals surface area contributed by atoms with Gasteiger partial charge in [-0.15, -0.1) is 0 Å². The molecule has 6 heteroatoms. The highest BCUT2D eigenvalue weighted by molar-refractivity contribution is 5.79. The van der Waals surface area contributed by atoms with Gasteiger partial charge in [-0.1, -0.05) is 43.3 Å². The monoisotopic (exact) mass is 424 g/mol. The number of nitrogens with one attached hydrogen (secondary N) is 1. The SMILES string of the molecule is CCC(NC(=O)COc1c(C)cccc1C)c1ccccc1OCC(=O)N1CCCC1. The molecular weight excluding hydrogens is 392 g/mol. The maximum Gasteiger partial charge on any atom is 0.260 e. The summed E-state index contributed by atoms with van der Waals surface area (Å²) < 4.78 is 11.6. The first kappa shape index (κ1) is 22.7. The van der Waals surface area contributed by atoms with Gasteiger partial charge < -0.3 is 19.7 Å². The van der Waals surface area contributed by atoms with Crippen molar-refractivity contribution in [1.29, 1.82) is 0 Å². The topological polar surface area (TPSA) is 67.9 Å². The summed E-state index contributed by atoms with van der Waals surface area (Å²) in [5, 5.41) is 3.04. The van der Waals surface area contributed by atoms with Crippen molar-refractivity contribution in [2.24, 2.45) is 0 Å². The fourth-order valence-corrected chi connectivity index (χ4v) is 3.90. The van der Waals surface area contributed by atoms with Crippen LogP contribution < -0.4 is 14.8 Å². The summed E-state index contributed by atoms with van der Waals surface area (Å²) in [5.41, 5.74) is 2.86. The third-order valence-electron chi connectivity index (χ3n) is 5.60. The van der Waals surface area contributed by atoms with E-state index in [1.807, 2.05) is 68.1 Å². The number of carbonyl (C=O) groups is 2. The Hall–Kier alpha value is -3.02. The quantitative estimate of drug-likeness (QED) is 0.662. The molecule has 1 unspecified atom stereocenters. The predicted molar refractivity (Wildman–Crippen MR) is 120 cm³/mol. The summed E-state index contributed by atoms with van der Waals surface area (Å²) in [6, 6.07) is 13.2. The molecule has 0 aromatic heterocycles. The smallest absolute Gasteiger partial charge is 0.260 e. The van der Waals surface area contributed by atoms with Crippen molar-refractivity contribution >= 4 is 11.8 Å². The number of aryl methyl sites for hydroxylation is 2. The van der Waals surface area contributed by atoms with E-state index in [4.69, 9.17) is 9.47 Å². The van der Waals surface area contributed by atoms with Crippen LogP contribution in [0.3, 0.4) is 0 Å². The van der Waals surface area contributed by atoms with Gasteiger partial charge >= 0.3 is 0 Å². The van der Waals surface area contributed by atoms with Crippen LogP contribution in [-0.2, 0) is 9.59 Å². The van der Waals surface area contributed by atoms with Gasteiger partial charge in [-0.3, -0.25) is 9.59 Å². The molecule has 3 rings (SSSR count). The van der Waals surface area contributed by atoms with Gasteiger partial charge in [0.25, 0.3) is 11.8 Å². The van der Waals surface area contributed by atoms with E-state index < -0.39 is 0 Å². The van der Waals surface area contributed by atoms with E-state index in [0.29, 0.717) is 12.2 Å². The lowest BCUT2D eigenvalue weighted by Crippen LogP contribution is -2.34. The highest BCUT2D eigenvalue weighted by Crippen LogP contribution is 2.28.